The number of nitrogens with zero attached hydrogens (tertiary/aromatic N) is 4. The van der Waals surface area contributed by atoms with Gasteiger partial charge in [-0.3, -0.25) is 0 Å². The van der Waals surface area contributed by atoms with Crippen LogP contribution in [0.25, 0.3) is 5.69 Å². The monoisotopic (exact) mass is 259 g/mol. The van der Waals surface area contributed by atoms with Gasteiger partial charge in [0.05, 0.1) is 12.8 Å². The zero-order chi connectivity index (χ0) is 13.1. The Labute approximate surface area is 111 Å². The van der Waals surface area contributed by atoms with Crippen molar-refractivity contribution in [3.63, 3.8) is 0 Å². The fourth-order valence-electron chi connectivity index (χ4n) is 2.29. The predicted molar refractivity (Wildman–Crippen MR) is 70.6 cm³/mol. The van der Waals surface area contributed by atoms with E-state index in [-0.39, 0.29) is 0 Å². The number of piperidine rings is 1. The topological polar surface area (TPSA) is 64.9 Å². The van der Waals surface area contributed by atoms with Crippen molar-refractivity contribution >= 4 is 0 Å². The molecule has 1 aliphatic heterocycles. The predicted octanol–water partition coefficient (Wildman–Crippen LogP) is 1.14. The molecule has 0 amide bonds. The molecule has 19 heavy (non-hydrogen) atoms. The van der Waals surface area contributed by atoms with Crippen molar-refractivity contribution in [2.75, 3.05) is 20.2 Å². The van der Waals surface area contributed by atoms with E-state index >= 15 is 0 Å². The van der Waals surface area contributed by atoms with Gasteiger partial charge in [-0.2, -0.15) is 0 Å². The van der Waals surface area contributed by atoms with E-state index in [1.54, 1.807) is 11.9 Å². The molecule has 6 nitrogen and oxygen atoms in total. The summed E-state index contributed by atoms with van der Waals surface area (Å²) >= 11 is 0. The highest BCUT2D eigenvalue weighted by Gasteiger charge is 2.20. The van der Waals surface area contributed by atoms with E-state index in [9.17, 15) is 0 Å². The van der Waals surface area contributed by atoms with E-state index in [0.717, 1.165) is 36.8 Å². The number of methoxy groups -OCH3 is 1. The molecule has 1 atom stereocenters. The molecule has 2 heterocycles. The summed E-state index contributed by atoms with van der Waals surface area (Å²) in [5, 5.41) is 16.1. The molecule has 0 aliphatic carbocycles. The van der Waals surface area contributed by atoms with Crippen molar-refractivity contribution in [1.29, 1.82) is 0 Å². The first-order valence-corrected chi connectivity index (χ1v) is 6.52. The van der Waals surface area contributed by atoms with Crippen molar-refractivity contribution in [1.82, 2.24) is 25.5 Å². The number of hydrogen-bond acceptors (Lipinski definition) is 5. The number of nitrogens with one attached hydrogen (secondary N) is 1. The van der Waals surface area contributed by atoms with Crippen molar-refractivity contribution in [2.24, 2.45) is 0 Å². The fraction of sp³-hybridized carbons (Fsp3) is 0.462. The highest BCUT2D eigenvalue weighted by atomic mass is 16.5. The Morgan fingerprint density at radius 2 is 2.16 bits per heavy atom. The van der Waals surface area contributed by atoms with Crippen LogP contribution in [0.1, 0.15) is 24.6 Å². The van der Waals surface area contributed by atoms with Gasteiger partial charge in [-0.15, -0.1) is 15.0 Å². The average molecular weight is 259 g/mol. The maximum Gasteiger partial charge on any atom is 0.179 e. The maximum absolute atomic E-state index is 5.13. The zero-order valence-corrected chi connectivity index (χ0v) is 10.9. The van der Waals surface area contributed by atoms with E-state index < -0.39 is 0 Å². The van der Waals surface area contributed by atoms with Crippen LogP contribution >= 0.6 is 0 Å². The highest BCUT2D eigenvalue weighted by molar-refractivity contribution is 5.35. The summed E-state index contributed by atoms with van der Waals surface area (Å²) in [6, 6.07) is 7.62. The average Bonchev–Trinajstić information content (AvgIpc) is 2.98. The second-order valence-corrected chi connectivity index (χ2v) is 4.68. The molecule has 0 bridgehead atoms. The molecular weight excluding hydrogens is 242 g/mol. The van der Waals surface area contributed by atoms with Crippen LogP contribution in [0.3, 0.4) is 0 Å². The molecule has 1 aliphatic rings. The van der Waals surface area contributed by atoms with Gasteiger partial charge >= 0.3 is 0 Å². The van der Waals surface area contributed by atoms with Gasteiger partial charge in [0, 0.05) is 12.5 Å². The SMILES string of the molecule is COc1ccc(-n2nnc(C3CCCNC3)n2)cc1. The van der Waals surface area contributed by atoms with Crippen LogP contribution in [0.4, 0.5) is 0 Å². The minimum atomic E-state index is 0.376. The number of hydrogen-bond donors (Lipinski definition) is 1. The Bertz CT molecular complexity index is 530. The standard InChI is InChI=1S/C13H17N5O/c1-19-12-6-4-11(5-7-12)18-16-13(15-17-18)10-3-2-8-14-9-10/h4-7,10,14H,2-3,8-9H2,1H3. The van der Waals surface area contributed by atoms with Crippen molar-refractivity contribution in [2.45, 2.75) is 18.8 Å². The van der Waals surface area contributed by atoms with Crippen molar-refractivity contribution in [3.05, 3.63) is 30.1 Å². The van der Waals surface area contributed by atoms with E-state index in [0.29, 0.717) is 5.92 Å². The fourth-order valence-corrected chi connectivity index (χ4v) is 2.29. The van der Waals surface area contributed by atoms with Crippen LogP contribution < -0.4 is 10.1 Å². The number of aromatic nitrogens is 4. The summed E-state index contributed by atoms with van der Waals surface area (Å²) in [6.07, 6.45) is 2.29. The van der Waals surface area contributed by atoms with Crippen molar-refractivity contribution in [3.8, 4) is 11.4 Å². The summed E-state index contributed by atoms with van der Waals surface area (Å²) in [6.45, 7) is 2.03. The molecule has 1 N–H and O–H groups in total. The molecule has 1 fully saturated rings. The van der Waals surface area contributed by atoms with Gasteiger partial charge in [0.1, 0.15) is 5.75 Å². The van der Waals surface area contributed by atoms with Gasteiger partial charge in [-0.25, -0.2) is 0 Å². The lowest BCUT2D eigenvalue weighted by Crippen LogP contribution is -2.29. The first kappa shape index (κ1) is 12.1. The maximum atomic E-state index is 5.13. The van der Waals surface area contributed by atoms with E-state index in [4.69, 9.17) is 4.74 Å². The third-order valence-corrected chi connectivity index (χ3v) is 3.39. The second-order valence-electron chi connectivity index (χ2n) is 4.68. The zero-order valence-electron chi connectivity index (χ0n) is 10.9. The van der Waals surface area contributed by atoms with Gasteiger partial charge in [0.25, 0.3) is 0 Å². The molecule has 1 unspecified atom stereocenters. The molecular formula is C13H17N5O. The van der Waals surface area contributed by atoms with Crippen LogP contribution in [0.15, 0.2) is 24.3 Å². The first-order valence-electron chi connectivity index (χ1n) is 6.52. The van der Waals surface area contributed by atoms with Gasteiger partial charge in [0.2, 0.25) is 0 Å². The van der Waals surface area contributed by atoms with E-state index in [1.807, 2.05) is 24.3 Å². The van der Waals surface area contributed by atoms with Gasteiger partial charge in [0.15, 0.2) is 5.82 Å². The van der Waals surface area contributed by atoms with E-state index in [2.05, 4.69) is 20.7 Å². The molecule has 1 aromatic carbocycles. The smallest absolute Gasteiger partial charge is 0.179 e. The van der Waals surface area contributed by atoms with Crippen molar-refractivity contribution < 1.29 is 4.74 Å². The molecule has 1 saturated heterocycles. The Morgan fingerprint density at radius 3 is 2.84 bits per heavy atom. The van der Waals surface area contributed by atoms with Crippen LogP contribution in [0, 0.1) is 0 Å². The minimum Gasteiger partial charge on any atom is -0.497 e. The first-order chi connectivity index (χ1) is 9.36. The Hall–Kier alpha value is -1.95. The van der Waals surface area contributed by atoms with Gasteiger partial charge in [-0.05, 0) is 48.9 Å². The highest BCUT2D eigenvalue weighted by Crippen LogP contribution is 2.20. The van der Waals surface area contributed by atoms with Gasteiger partial charge < -0.3 is 10.1 Å². The Kier molecular flexibility index (Phi) is 3.41. The molecule has 2 aromatic rings. The quantitative estimate of drug-likeness (QED) is 0.895. The summed E-state index contributed by atoms with van der Waals surface area (Å²) in [4.78, 5) is 1.57. The summed E-state index contributed by atoms with van der Waals surface area (Å²) in [5.41, 5.74) is 0.892. The van der Waals surface area contributed by atoms with Crippen LogP contribution in [0.5, 0.6) is 5.75 Å². The lowest BCUT2D eigenvalue weighted by molar-refractivity contribution is 0.414. The third kappa shape index (κ3) is 2.58. The number of benzene rings is 1. The molecule has 0 saturated carbocycles. The number of rotatable bonds is 3. The summed E-state index contributed by atoms with van der Waals surface area (Å²) < 4.78 is 5.13. The lowest BCUT2D eigenvalue weighted by atomic mass is 9.99. The molecule has 0 spiro atoms. The summed E-state index contributed by atoms with van der Waals surface area (Å²) in [5.74, 6) is 2.02. The molecule has 1 aromatic heterocycles. The van der Waals surface area contributed by atoms with E-state index in [1.165, 1.54) is 6.42 Å². The Balaban J connectivity index is 1.79. The summed E-state index contributed by atoms with van der Waals surface area (Å²) in [7, 11) is 1.65. The number of ether oxygens (including phenoxy) is 1. The second kappa shape index (κ2) is 5.36. The Morgan fingerprint density at radius 1 is 1.32 bits per heavy atom. The normalized spacial score (nSPS) is 19.3. The molecule has 6 heteroatoms. The lowest BCUT2D eigenvalue weighted by Gasteiger charge is -2.19. The largest absolute Gasteiger partial charge is 0.497 e. The number of tetrazole rings is 1. The van der Waals surface area contributed by atoms with Gasteiger partial charge in [-0.1, -0.05) is 0 Å². The molecule has 3 rings (SSSR count). The van der Waals surface area contributed by atoms with Crippen LogP contribution in [-0.2, 0) is 0 Å². The third-order valence-electron chi connectivity index (χ3n) is 3.39. The minimum absolute atomic E-state index is 0.376. The van der Waals surface area contributed by atoms with Crippen LogP contribution in [-0.4, -0.2) is 40.4 Å². The molecule has 0 radical (unpaired) electrons. The molecule has 100 valence electrons. The van der Waals surface area contributed by atoms with Crippen LogP contribution in [0.2, 0.25) is 0 Å².